The molecule has 150 valence electrons. The summed E-state index contributed by atoms with van der Waals surface area (Å²) in [5.41, 5.74) is 3.08. The van der Waals surface area contributed by atoms with Gasteiger partial charge in [-0.15, -0.1) is 5.10 Å². The number of rotatable bonds is 5. The summed E-state index contributed by atoms with van der Waals surface area (Å²) in [5, 5.41) is 10.0. The summed E-state index contributed by atoms with van der Waals surface area (Å²) >= 11 is 1.08. The molecule has 0 saturated carbocycles. The summed E-state index contributed by atoms with van der Waals surface area (Å²) in [5.74, 6) is 1.22. The van der Waals surface area contributed by atoms with E-state index in [1.807, 2.05) is 37.3 Å². The molecule has 1 aliphatic rings. The monoisotopic (exact) mass is 411 g/mol. The van der Waals surface area contributed by atoms with E-state index in [2.05, 4.69) is 35.1 Å². The van der Waals surface area contributed by atoms with Crippen LogP contribution in [0.5, 0.6) is 0 Å². The first kappa shape index (κ1) is 19.2. The summed E-state index contributed by atoms with van der Waals surface area (Å²) in [6, 6.07) is 9.35. The van der Waals surface area contributed by atoms with Crippen LogP contribution in [0.25, 0.3) is 0 Å². The van der Waals surface area contributed by atoms with Gasteiger partial charge in [-0.25, -0.2) is 4.98 Å². The molecule has 2 N–H and O–H groups in total. The highest BCUT2D eigenvalue weighted by molar-refractivity contribution is 7.08. The van der Waals surface area contributed by atoms with Gasteiger partial charge in [-0.05, 0) is 49.6 Å². The number of hydrogen-bond donors (Lipinski definition) is 2. The van der Waals surface area contributed by atoms with Crippen molar-refractivity contribution >= 4 is 40.6 Å². The predicted molar refractivity (Wildman–Crippen MR) is 112 cm³/mol. The Labute approximate surface area is 172 Å². The van der Waals surface area contributed by atoms with Gasteiger partial charge in [-0.1, -0.05) is 4.49 Å². The molecule has 1 amide bonds. The second kappa shape index (κ2) is 8.50. The van der Waals surface area contributed by atoms with Crippen molar-refractivity contribution in [2.75, 3.05) is 41.8 Å². The third kappa shape index (κ3) is 4.66. The van der Waals surface area contributed by atoms with Gasteiger partial charge in [0.2, 0.25) is 5.95 Å². The second-order valence-corrected chi connectivity index (χ2v) is 7.39. The molecule has 0 radical (unpaired) electrons. The molecule has 3 heterocycles. The van der Waals surface area contributed by atoms with Crippen LogP contribution < -0.4 is 15.5 Å². The van der Waals surface area contributed by atoms with E-state index < -0.39 is 0 Å². The van der Waals surface area contributed by atoms with Gasteiger partial charge < -0.3 is 20.3 Å². The number of carbonyl (C=O) groups is 1. The number of benzene rings is 1. The predicted octanol–water partition coefficient (Wildman–Crippen LogP) is 2.78. The minimum atomic E-state index is -0.209. The molecule has 1 aliphatic heterocycles. The molecule has 10 heteroatoms. The quantitative estimate of drug-likeness (QED) is 0.660. The number of aryl methyl sites for hydroxylation is 2. The summed E-state index contributed by atoms with van der Waals surface area (Å²) in [4.78, 5) is 24.1. The zero-order valence-electron chi connectivity index (χ0n) is 16.2. The SMILES string of the molecule is Cc1cc(Nc2ccc(NC(=O)c3snnc3C)cc2)nc(N2CCOCC2)n1. The van der Waals surface area contributed by atoms with Crippen molar-refractivity contribution in [3.8, 4) is 0 Å². The van der Waals surface area contributed by atoms with E-state index in [1.54, 1.807) is 6.92 Å². The Kier molecular flexibility index (Phi) is 5.63. The molecule has 0 atom stereocenters. The van der Waals surface area contributed by atoms with Gasteiger partial charge in [-0.3, -0.25) is 4.79 Å². The number of morpholine rings is 1. The minimum absolute atomic E-state index is 0.209. The zero-order chi connectivity index (χ0) is 20.2. The molecule has 29 heavy (non-hydrogen) atoms. The number of anilines is 4. The first-order valence-electron chi connectivity index (χ1n) is 9.24. The molecule has 4 rings (SSSR count). The van der Waals surface area contributed by atoms with E-state index in [0.717, 1.165) is 41.8 Å². The summed E-state index contributed by atoms with van der Waals surface area (Å²) in [6.45, 7) is 6.65. The van der Waals surface area contributed by atoms with Crippen molar-refractivity contribution in [3.05, 3.63) is 46.6 Å². The summed E-state index contributed by atoms with van der Waals surface area (Å²) in [7, 11) is 0. The number of amides is 1. The van der Waals surface area contributed by atoms with Crippen LogP contribution >= 0.6 is 11.5 Å². The van der Waals surface area contributed by atoms with Crippen molar-refractivity contribution < 1.29 is 9.53 Å². The van der Waals surface area contributed by atoms with Gasteiger partial charge in [0.15, 0.2) is 0 Å². The topological polar surface area (TPSA) is 105 Å². The van der Waals surface area contributed by atoms with E-state index in [-0.39, 0.29) is 5.91 Å². The fourth-order valence-corrected chi connectivity index (χ4v) is 3.49. The molecular formula is C19H21N7O2S. The van der Waals surface area contributed by atoms with Gasteiger partial charge in [0.1, 0.15) is 10.7 Å². The van der Waals surface area contributed by atoms with Crippen LogP contribution in [-0.2, 0) is 4.74 Å². The van der Waals surface area contributed by atoms with Crippen molar-refractivity contribution in [3.63, 3.8) is 0 Å². The van der Waals surface area contributed by atoms with Crippen LogP contribution in [0.1, 0.15) is 21.1 Å². The van der Waals surface area contributed by atoms with Crippen molar-refractivity contribution in [1.82, 2.24) is 19.6 Å². The zero-order valence-corrected chi connectivity index (χ0v) is 17.0. The number of ether oxygens (including phenoxy) is 1. The Bertz CT molecular complexity index is 1000. The van der Waals surface area contributed by atoms with Gasteiger partial charge in [0.05, 0.1) is 18.9 Å². The standard InChI is InChI=1S/C19H21N7O2S/c1-12-11-16(23-19(20-12)26-7-9-28-10-8-26)21-14-3-5-15(6-4-14)22-18(27)17-13(2)24-25-29-17/h3-6,11H,7-10H2,1-2H3,(H,22,27)(H,20,21,23). The van der Waals surface area contributed by atoms with E-state index in [1.165, 1.54) is 0 Å². The fourth-order valence-electron chi connectivity index (χ4n) is 2.93. The molecule has 0 aliphatic carbocycles. The van der Waals surface area contributed by atoms with E-state index in [9.17, 15) is 4.79 Å². The molecule has 0 bridgehead atoms. The van der Waals surface area contributed by atoms with Gasteiger partial charge in [0.25, 0.3) is 5.91 Å². The molecule has 1 aromatic carbocycles. The van der Waals surface area contributed by atoms with E-state index in [4.69, 9.17) is 4.74 Å². The lowest BCUT2D eigenvalue weighted by Crippen LogP contribution is -2.37. The van der Waals surface area contributed by atoms with Crippen LogP contribution in [-0.4, -0.2) is 51.8 Å². The van der Waals surface area contributed by atoms with Crippen LogP contribution in [0.4, 0.5) is 23.1 Å². The van der Waals surface area contributed by atoms with Crippen LogP contribution in [0.3, 0.4) is 0 Å². The van der Waals surface area contributed by atoms with Crippen LogP contribution in [0, 0.1) is 13.8 Å². The Morgan fingerprint density at radius 1 is 1.10 bits per heavy atom. The molecule has 2 aromatic heterocycles. The third-order valence-electron chi connectivity index (χ3n) is 4.41. The summed E-state index contributed by atoms with van der Waals surface area (Å²) in [6.07, 6.45) is 0. The molecule has 0 unspecified atom stereocenters. The summed E-state index contributed by atoms with van der Waals surface area (Å²) < 4.78 is 9.19. The third-order valence-corrected chi connectivity index (χ3v) is 5.24. The highest BCUT2D eigenvalue weighted by Gasteiger charge is 2.15. The first-order chi connectivity index (χ1) is 14.1. The smallest absolute Gasteiger partial charge is 0.269 e. The van der Waals surface area contributed by atoms with Gasteiger partial charge in [0, 0.05) is 36.2 Å². The lowest BCUT2D eigenvalue weighted by Gasteiger charge is -2.27. The average molecular weight is 411 g/mol. The lowest BCUT2D eigenvalue weighted by molar-refractivity contribution is 0.103. The maximum absolute atomic E-state index is 12.3. The van der Waals surface area contributed by atoms with Crippen LogP contribution in [0.2, 0.25) is 0 Å². The molecule has 1 fully saturated rings. The highest BCUT2D eigenvalue weighted by atomic mass is 32.1. The number of carbonyl (C=O) groups excluding carboxylic acids is 1. The van der Waals surface area contributed by atoms with Gasteiger partial charge >= 0.3 is 0 Å². The Balaban J connectivity index is 1.44. The molecule has 9 nitrogen and oxygen atoms in total. The average Bonchev–Trinajstić information content (AvgIpc) is 3.16. The van der Waals surface area contributed by atoms with E-state index >= 15 is 0 Å². The maximum atomic E-state index is 12.3. The Morgan fingerprint density at radius 2 is 1.83 bits per heavy atom. The molecule has 3 aromatic rings. The van der Waals surface area contributed by atoms with Crippen molar-refractivity contribution in [2.24, 2.45) is 0 Å². The maximum Gasteiger partial charge on any atom is 0.269 e. The minimum Gasteiger partial charge on any atom is -0.378 e. The largest absolute Gasteiger partial charge is 0.378 e. The molecule has 1 saturated heterocycles. The number of aromatic nitrogens is 4. The molecular weight excluding hydrogens is 390 g/mol. The highest BCUT2D eigenvalue weighted by Crippen LogP contribution is 2.21. The fraction of sp³-hybridized carbons (Fsp3) is 0.316. The lowest BCUT2D eigenvalue weighted by atomic mass is 10.2. The normalized spacial score (nSPS) is 13.9. The van der Waals surface area contributed by atoms with Crippen LogP contribution in [0.15, 0.2) is 30.3 Å². The number of hydrogen-bond acceptors (Lipinski definition) is 9. The molecule has 0 spiro atoms. The first-order valence-corrected chi connectivity index (χ1v) is 10.0. The van der Waals surface area contributed by atoms with Gasteiger partial charge in [-0.2, -0.15) is 4.98 Å². The van der Waals surface area contributed by atoms with E-state index in [0.29, 0.717) is 35.4 Å². The van der Waals surface area contributed by atoms with Crippen molar-refractivity contribution in [2.45, 2.75) is 13.8 Å². The Hall–Kier alpha value is -3.11. The Morgan fingerprint density at radius 3 is 2.52 bits per heavy atom. The van der Waals surface area contributed by atoms with Crippen molar-refractivity contribution in [1.29, 1.82) is 0 Å². The number of nitrogens with one attached hydrogen (secondary N) is 2. The second-order valence-electron chi connectivity index (χ2n) is 6.64. The number of nitrogens with zero attached hydrogens (tertiary/aromatic N) is 5.